The van der Waals surface area contributed by atoms with Gasteiger partial charge < -0.3 is 11.1 Å². The summed E-state index contributed by atoms with van der Waals surface area (Å²) in [6.45, 7) is 0. The molecule has 1 heterocycles. The molecule has 2 aromatic carbocycles. The Morgan fingerprint density at radius 1 is 1.13 bits per heavy atom. The predicted molar refractivity (Wildman–Crippen MR) is 86.0 cm³/mol. The van der Waals surface area contributed by atoms with Gasteiger partial charge in [0, 0.05) is 11.6 Å². The number of anilines is 3. The van der Waals surface area contributed by atoms with Crippen molar-refractivity contribution in [1.82, 2.24) is 4.98 Å². The summed E-state index contributed by atoms with van der Waals surface area (Å²) in [6.07, 6.45) is 0. The second kappa shape index (κ2) is 6.13. The number of carbonyl (C=O) groups is 1. The maximum atomic E-state index is 13.6. The van der Waals surface area contributed by atoms with Crippen LogP contribution in [0.15, 0.2) is 48.5 Å². The molecule has 116 valence electrons. The standard InChI is InChI=1S/C16H11F2N3OS/c17-10-6-7-12(11(18)8-10)20-16-21-15(19)14(23-16)13(22)9-4-2-1-3-5-9/h1-8H,19H2,(H,20,21). The minimum atomic E-state index is -0.755. The molecule has 0 unspecified atom stereocenters. The van der Waals surface area contributed by atoms with Crippen LogP contribution in [0.5, 0.6) is 0 Å². The van der Waals surface area contributed by atoms with Crippen molar-refractivity contribution in [2.45, 2.75) is 0 Å². The third-order valence-corrected chi connectivity index (χ3v) is 4.05. The van der Waals surface area contributed by atoms with E-state index in [1.807, 2.05) is 0 Å². The Balaban J connectivity index is 1.88. The van der Waals surface area contributed by atoms with E-state index in [0.29, 0.717) is 5.56 Å². The van der Waals surface area contributed by atoms with Crippen molar-refractivity contribution < 1.29 is 13.6 Å². The lowest BCUT2D eigenvalue weighted by Crippen LogP contribution is -2.02. The topological polar surface area (TPSA) is 68.0 Å². The van der Waals surface area contributed by atoms with Gasteiger partial charge in [0.25, 0.3) is 0 Å². The number of ketones is 1. The van der Waals surface area contributed by atoms with E-state index >= 15 is 0 Å². The van der Waals surface area contributed by atoms with Crippen LogP contribution in [0.1, 0.15) is 15.2 Å². The van der Waals surface area contributed by atoms with Crippen LogP contribution in [0.25, 0.3) is 0 Å². The lowest BCUT2D eigenvalue weighted by molar-refractivity contribution is 0.104. The van der Waals surface area contributed by atoms with E-state index in [1.165, 1.54) is 6.07 Å². The number of thiazole rings is 1. The Labute approximate surface area is 134 Å². The molecule has 0 aliphatic heterocycles. The number of nitrogens with two attached hydrogens (primary N) is 1. The molecule has 7 heteroatoms. The molecule has 0 bridgehead atoms. The van der Waals surface area contributed by atoms with Gasteiger partial charge in [-0.15, -0.1) is 0 Å². The molecule has 0 atom stereocenters. The van der Waals surface area contributed by atoms with E-state index in [0.717, 1.165) is 23.5 Å². The molecule has 0 aliphatic carbocycles. The lowest BCUT2D eigenvalue weighted by atomic mass is 10.1. The van der Waals surface area contributed by atoms with E-state index in [9.17, 15) is 13.6 Å². The molecule has 3 rings (SSSR count). The zero-order valence-corrected chi connectivity index (χ0v) is 12.5. The van der Waals surface area contributed by atoms with Crippen LogP contribution in [0, 0.1) is 11.6 Å². The quantitative estimate of drug-likeness (QED) is 0.710. The summed E-state index contributed by atoms with van der Waals surface area (Å²) in [7, 11) is 0. The number of rotatable bonds is 4. The smallest absolute Gasteiger partial charge is 0.206 e. The van der Waals surface area contributed by atoms with Crippen molar-refractivity contribution in [3.8, 4) is 0 Å². The Bertz CT molecular complexity index is 865. The number of halogens is 2. The van der Waals surface area contributed by atoms with Gasteiger partial charge in [0.2, 0.25) is 5.78 Å². The van der Waals surface area contributed by atoms with Crippen LogP contribution in [-0.4, -0.2) is 10.8 Å². The molecule has 1 aromatic heterocycles. The predicted octanol–water partition coefficient (Wildman–Crippen LogP) is 3.98. The highest BCUT2D eigenvalue weighted by molar-refractivity contribution is 7.18. The average Bonchev–Trinajstić information content (AvgIpc) is 2.91. The molecule has 4 nitrogen and oxygen atoms in total. The van der Waals surface area contributed by atoms with Gasteiger partial charge >= 0.3 is 0 Å². The van der Waals surface area contributed by atoms with E-state index < -0.39 is 11.6 Å². The fourth-order valence-corrected chi connectivity index (χ4v) is 2.83. The van der Waals surface area contributed by atoms with Gasteiger partial charge in [0.05, 0.1) is 5.69 Å². The molecule has 3 N–H and O–H groups in total. The number of nitrogens with one attached hydrogen (secondary N) is 1. The molecule has 3 aromatic rings. The molecule has 0 amide bonds. The minimum absolute atomic E-state index is 0.0545. The number of hydrogen-bond donors (Lipinski definition) is 2. The van der Waals surface area contributed by atoms with Gasteiger partial charge in [-0.3, -0.25) is 4.79 Å². The SMILES string of the molecule is Nc1nc(Nc2ccc(F)cc2F)sc1C(=O)c1ccccc1. The second-order valence-electron chi connectivity index (χ2n) is 4.68. The summed E-state index contributed by atoms with van der Waals surface area (Å²) in [5, 5.41) is 2.96. The molecule has 0 fully saturated rings. The van der Waals surface area contributed by atoms with E-state index in [4.69, 9.17) is 5.73 Å². The third kappa shape index (κ3) is 3.19. The van der Waals surface area contributed by atoms with Crippen molar-refractivity contribution in [3.05, 3.63) is 70.6 Å². The third-order valence-electron chi connectivity index (χ3n) is 3.07. The zero-order valence-electron chi connectivity index (χ0n) is 11.7. The van der Waals surface area contributed by atoms with Crippen molar-refractivity contribution in [3.63, 3.8) is 0 Å². The van der Waals surface area contributed by atoms with Gasteiger partial charge in [-0.05, 0) is 12.1 Å². The molecule has 0 radical (unpaired) electrons. The molecule has 23 heavy (non-hydrogen) atoms. The van der Waals surface area contributed by atoms with Gasteiger partial charge in [-0.2, -0.15) is 0 Å². The Kier molecular flexibility index (Phi) is 4.03. The van der Waals surface area contributed by atoms with E-state index in [-0.39, 0.29) is 27.3 Å². The first-order valence-corrected chi connectivity index (χ1v) is 7.44. The monoisotopic (exact) mass is 331 g/mol. The first-order chi connectivity index (χ1) is 11.0. The van der Waals surface area contributed by atoms with Gasteiger partial charge in [-0.25, -0.2) is 13.8 Å². The minimum Gasteiger partial charge on any atom is -0.382 e. The summed E-state index contributed by atoms with van der Waals surface area (Å²) in [6, 6.07) is 11.8. The van der Waals surface area contributed by atoms with Crippen LogP contribution in [0.4, 0.5) is 25.4 Å². The van der Waals surface area contributed by atoms with Crippen molar-refractivity contribution >= 4 is 33.8 Å². The zero-order chi connectivity index (χ0) is 16.4. The van der Waals surface area contributed by atoms with Crippen molar-refractivity contribution in [2.24, 2.45) is 0 Å². The fourth-order valence-electron chi connectivity index (χ4n) is 1.97. The summed E-state index contributed by atoms with van der Waals surface area (Å²) in [4.78, 5) is 16.7. The van der Waals surface area contributed by atoms with Crippen molar-refractivity contribution in [1.29, 1.82) is 0 Å². The maximum absolute atomic E-state index is 13.6. The summed E-state index contributed by atoms with van der Waals surface area (Å²) in [5.74, 6) is -1.62. The fraction of sp³-hybridized carbons (Fsp3) is 0. The normalized spacial score (nSPS) is 10.5. The van der Waals surface area contributed by atoms with Crippen LogP contribution >= 0.6 is 11.3 Å². The molecular formula is C16H11F2N3OS. The molecule has 0 aliphatic rings. The summed E-state index contributed by atoms with van der Waals surface area (Å²) >= 11 is 1.01. The van der Waals surface area contributed by atoms with Crippen LogP contribution < -0.4 is 11.1 Å². The summed E-state index contributed by atoms with van der Waals surface area (Å²) in [5.41, 5.74) is 6.32. The van der Waals surface area contributed by atoms with Crippen LogP contribution in [-0.2, 0) is 0 Å². The second-order valence-corrected chi connectivity index (χ2v) is 5.68. The van der Waals surface area contributed by atoms with E-state index in [1.54, 1.807) is 30.3 Å². The highest BCUT2D eigenvalue weighted by Gasteiger charge is 2.18. The average molecular weight is 331 g/mol. The maximum Gasteiger partial charge on any atom is 0.206 e. The molecule has 0 saturated heterocycles. The van der Waals surface area contributed by atoms with Crippen LogP contribution in [0.3, 0.4) is 0 Å². The molecule has 0 saturated carbocycles. The van der Waals surface area contributed by atoms with Gasteiger partial charge in [0.1, 0.15) is 22.3 Å². The Morgan fingerprint density at radius 3 is 2.57 bits per heavy atom. The van der Waals surface area contributed by atoms with Gasteiger partial charge in [0.15, 0.2) is 5.13 Å². The highest BCUT2D eigenvalue weighted by atomic mass is 32.1. The first kappa shape index (κ1) is 15.1. The number of nitrogen functional groups attached to an aromatic ring is 1. The van der Waals surface area contributed by atoms with Crippen LogP contribution in [0.2, 0.25) is 0 Å². The number of benzene rings is 2. The number of hydrogen-bond acceptors (Lipinski definition) is 5. The summed E-state index contributed by atoms with van der Waals surface area (Å²) < 4.78 is 26.5. The molecular weight excluding hydrogens is 320 g/mol. The largest absolute Gasteiger partial charge is 0.382 e. The highest BCUT2D eigenvalue weighted by Crippen LogP contribution is 2.30. The lowest BCUT2D eigenvalue weighted by Gasteiger charge is -2.03. The number of aromatic nitrogens is 1. The number of nitrogens with zero attached hydrogens (tertiary/aromatic N) is 1. The van der Waals surface area contributed by atoms with Crippen molar-refractivity contribution in [2.75, 3.05) is 11.1 Å². The Morgan fingerprint density at radius 2 is 1.87 bits per heavy atom. The molecule has 0 spiro atoms. The first-order valence-electron chi connectivity index (χ1n) is 6.62. The van der Waals surface area contributed by atoms with Gasteiger partial charge in [-0.1, -0.05) is 41.7 Å². The Hall–Kier alpha value is -2.80. The van der Waals surface area contributed by atoms with E-state index in [2.05, 4.69) is 10.3 Å². The number of carbonyl (C=O) groups excluding carboxylic acids is 1.